The molecule has 148 valence electrons. The van der Waals surface area contributed by atoms with E-state index in [-0.39, 0.29) is 12.0 Å². The van der Waals surface area contributed by atoms with Crippen LogP contribution in [0.4, 0.5) is 0 Å². The second kappa shape index (κ2) is 10.1. The van der Waals surface area contributed by atoms with Crippen molar-refractivity contribution in [1.82, 2.24) is 9.88 Å². The highest BCUT2D eigenvalue weighted by atomic mass is 16.4. The highest BCUT2D eigenvalue weighted by Crippen LogP contribution is 2.03. The van der Waals surface area contributed by atoms with Crippen molar-refractivity contribution < 1.29 is 14.7 Å². The number of amides is 1. The average Bonchev–Trinajstić information content (AvgIpc) is 2.66. The second-order valence-electron chi connectivity index (χ2n) is 6.37. The molecule has 1 aromatic heterocycles. The van der Waals surface area contributed by atoms with Crippen LogP contribution in [0.5, 0.6) is 0 Å². The predicted octanol–water partition coefficient (Wildman–Crippen LogP) is 1.24. The van der Waals surface area contributed by atoms with Crippen molar-refractivity contribution in [2.75, 3.05) is 6.54 Å². The molecule has 1 aromatic carbocycles. The van der Waals surface area contributed by atoms with E-state index >= 15 is 0 Å². The molecule has 4 N–H and O–H groups in total. The third-order valence-electron chi connectivity index (χ3n) is 4.08. The lowest BCUT2D eigenvalue weighted by molar-refractivity contribution is -0.139. The Morgan fingerprint density at radius 1 is 1.21 bits per heavy atom. The molecule has 0 aliphatic rings. The zero-order valence-electron chi connectivity index (χ0n) is 15.7. The molecular weight excluding hydrogens is 360 g/mol. The maximum atomic E-state index is 12.6. The number of carbonyl (C=O) groups is 2. The summed E-state index contributed by atoms with van der Waals surface area (Å²) in [5, 5.41) is 11.8. The topological polar surface area (TPSA) is 127 Å². The normalized spacial score (nSPS) is 12.4. The van der Waals surface area contributed by atoms with Crippen molar-refractivity contribution in [3.8, 4) is 0 Å². The van der Waals surface area contributed by atoms with E-state index in [0.29, 0.717) is 25.3 Å². The molecule has 0 aliphatic heterocycles. The first kappa shape index (κ1) is 20.9. The molecule has 0 unspecified atom stereocenters. The van der Waals surface area contributed by atoms with Crippen LogP contribution in [0.1, 0.15) is 35.7 Å². The summed E-state index contributed by atoms with van der Waals surface area (Å²) >= 11 is 0. The summed E-state index contributed by atoms with van der Waals surface area (Å²) in [6, 6.07) is 11.2. The SMILES string of the molecule is CC(N)=NCCC[C@H](NC(=O)c1cccn(Cc2ccccc2)c1=O)C(=O)O. The number of aromatic nitrogens is 1. The van der Waals surface area contributed by atoms with Crippen LogP contribution in [0.15, 0.2) is 58.4 Å². The highest BCUT2D eigenvalue weighted by molar-refractivity contribution is 5.96. The Kier molecular flexibility index (Phi) is 7.50. The maximum Gasteiger partial charge on any atom is 0.326 e. The molecule has 0 bridgehead atoms. The lowest BCUT2D eigenvalue weighted by atomic mass is 10.1. The first-order valence-corrected chi connectivity index (χ1v) is 8.92. The maximum absolute atomic E-state index is 12.6. The van der Waals surface area contributed by atoms with E-state index in [1.54, 1.807) is 19.2 Å². The van der Waals surface area contributed by atoms with Gasteiger partial charge in [0.25, 0.3) is 11.5 Å². The lowest BCUT2D eigenvalue weighted by Gasteiger charge is -2.14. The van der Waals surface area contributed by atoms with Gasteiger partial charge in [0.2, 0.25) is 0 Å². The van der Waals surface area contributed by atoms with Crippen molar-refractivity contribution in [3.63, 3.8) is 0 Å². The van der Waals surface area contributed by atoms with Gasteiger partial charge in [0.05, 0.1) is 12.4 Å². The summed E-state index contributed by atoms with van der Waals surface area (Å²) < 4.78 is 1.42. The van der Waals surface area contributed by atoms with Crippen LogP contribution in [-0.4, -0.2) is 40.0 Å². The van der Waals surface area contributed by atoms with E-state index in [9.17, 15) is 19.5 Å². The van der Waals surface area contributed by atoms with E-state index in [1.807, 2.05) is 30.3 Å². The number of rotatable bonds is 9. The van der Waals surface area contributed by atoms with Gasteiger partial charge in [-0.1, -0.05) is 30.3 Å². The molecule has 28 heavy (non-hydrogen) atoms. The summed E-state index contributed by atoms with van der Waals surface area (Å²) in [5.41, 5.74) is 5.78. The number of pyridine rings is 1. The summed E-state index contributed by atoms with van der Waals surface area (Å²) in [6.45, 7) is 2.34. The molecule has 0 saturated carbocycles. The smallest absolute Gasteiger partial charge is 0.326 e. The quantitative estimate of drug-likeness (QED) is 0.340. The minimum atomic E-state index is -1.16. The van der Waals surface area contributed by atoms with E-state index in [0.717, 1.165) is 5.56 Å². The standard InChI is InChI=1S/C20H24N4O4/c1-14(21)22-11-5-10-17(20(27)28)23-18(25)16-9-6-12-24(19(16)26)13-15-7-3-2-4-8-15/h2-4,6-9,12,17H,5,10-11,13H2,1H3,(H2,21,22)(H,23,25)(H,27,28)/t17-/m0/s1. The van der Waals surface area contributed by atoms with E-state index in [1.165, 1.54) is 10.6 Å². The number of benzene rings is 1. The van der Waals surface area contributed by atoms with Crippen LogP contribution in [0.25, 0.3) is 0 Å². The van der Waals surface area contributed by atoms with Gasteiger partial charge in [-0.2, -0.15) is 0 Å². The molecule has 0 saturated heterocycles. The lowest BCUT2D eigenvalue weighted by Crippen LogP contribution is -2.43. The van der Waals surface area contributed by atoms with Gasteiger partial charge in [-0.05, 0) is 37.5 Å². The third kappa shape index (κ3) is 6.08. The number of aliphatic imine (C=N–C) groups is 1. The molecule has 0 fully saturated rings. The van der Waals surface area contributed by atoms with Gasteiger partial charge in [-0.3, -0.25) is 14.6 Å². The Hall–Kier alpha value is -3.42. The largest absolute Gasteiger partial charge is 0.480 e. The van der Waals surface area contributed by atoms with Gasteiger partial charge in [0.1, 0.15) is 11.6 Å². The number of carboxylic acids is 1. The molecule has 0 radical (unpaired) electrons. The minimum Gasteiger partial charge on any atom is -0.480 e. The van der Waals surface area contributed by atoms with Gasteiger partial charge < -0.3 is 20.7 Å². The van der Waals surface area contributed by atoms with Gasteiger partial charge >= 0.3 is 5.97 Å². The molecule has 2 rings (SSSR count). The number of carbonyl (C=O) groups excluding carboxylic acids is 1. The monoisotopic (exact) mass is 384 g/mol. The van der Waals surface area contributed by atoms with Crippen molar-refractivity contribution in [3.05, 3.63) is 70.1 Å². The van der Waals surface area contributed by atoms with Crippen LogP contribution >= 0.6 is 0 Å². The predicted molar refractivity (Wildman–Crippen MR) is 107 cm³/mol. The second-order valence-corrected chi connectivity index (χ2v) is 6.37. The molecule has 1 heterocycles. The molecule has 8 nitrogen and oxygen atoms in total. The Labute approximate surface area is 162 Å². The Balaban J connectivity index is 2.09. The molecule has 1 atom stereocenters. The van der Waals surface area contributed by atoms with E-state index in [2.05, 4.69) is 10.3 Å². The number of amidine groups is 1. The van der Waals surface area contributed by atoms with Gasteiger partial charge in [-0.15, -0.1) is 0 Å². The van der Waals surface area contributed by atoms with Crippen LogP contribution in [0, 0.1) is 0 Å². The minimum absolute atomic E-state index is 0.0968. The first-order valence-electron chi connectivity index (χ1n) is 8.92. The Morgan fingerprint density at radius 3 is 2.57 bits per heavy atom. The molecule has 0 spiro atoms. The number of nitrogens with one attached hydrogen (secondary N) is 1. The van der Waals surface area contributed by atoms with E-state index in [4.69, 9.17) is 5.73 Å². The third-order valence-corrected chi connectivity index (χ3v) is 4.08. The average molecular weight is 384 g/mol. The number of hydrogen-bond donors (Lipinski definition) is 3. The zero-order chi connectivity index (χ0) is 20.5. The summed E-state index contributed by atoms with van der Waals surface area (Å²) in [6.07, 6.45) is 2.22. The number of carboxylic acid groups (broad SMARTS) is 1. The first-order chi connectivity index (χ1) is 13.4. The Morgan fingerprint density at radius 2 is 1.93 bits per heavy atom. The molecular formula is C20H24N4O4. The highest BCUT2D eigenvalue weighted by Gasteiger charge is 2.22. The summed E-state index contributed by atoms with van der Waals surface area (Å²) in [4.78, 5) is 40.5. The van der Waals surface area contributed by atoms with Crippen molar-refractivity contribution in [2.24, 2.45) is 10.7 Å². The fourth-order valence-electron chi connectivity index (χ4n) is 2.66. The molecule has 1 amide bonds. The van der Waals surface area contributed by atoms with E-state index < -0.39 is 23.5 Å². The summed E-state index contributed by atoms with van der Waals surface area (Å²) in [5.74, 6) is -1.46. The van der Waals surface area contributed by atoms with Gasteiger partial charge in [-0.25, -0.2) is 4.79 Å². The molecule has 2 aromatic rings. The van der Waals surface area contributed by atoms with Gasteiger partial charge in [0.15, 0.2) is 0 Å². The molecule has 0 aliphatic carbocycles. The van der Waals surface area contributed by atoms with Crippen LogP contribution in [0.3, 0.4) is 0 Å². The zero-order valence-corrected chi connectivity index (χ0v) is 15.7. The van der Waals surface area contributed by atoms with Crippen LogP contribution in [0.2, 0.25) is 0 Å². The number of hydrogen-bond acceptors (Lipinski definition) is 4. The number of nitrogens with zero attached hydrogens (tertiary/aromatic N) is 2. The van der Waals surface area contributed by atoms with Crippen molar-refractivity contribution in [1.29, 1.82) is 0 Å². The number of nitrogens with two attached hydrogens (primary N) is 1. The fraction of sp³-hybridized carbons (Fsp3) is 0.300. The van der Waals surface area contributed by atoms with Crippen molar-refractivity contribution in [2.45, 2.75) is 32.4 Å². The fourth-order valence-corrected chi connectivity index (χ4v) is 2.66. The summed E-state index contributed by atoms with van der Waals surface area (Å²) in [7, 11) is 0. The van der Waals surface area contributed by atoms with Crippen molar-refractivity contribution >= 4 is 17.7 Å². The Bertz CT molecular complexity index is 902. The number of aliphatic carboxylic acids is 1. The van der Waals surface area contributed by atoms with Gasteiger partial charge in [0, 0.05) is 12.7 Å². The molecule has 8 heteroatoms. The van der Waals surface area contributed by atoms with Crippen LogP contribution < -0.4 is 16.6 Å². The van der Waals surface area contributed by atoms with Crippen LogP contribution in [-0.2, 0) is 11.3 Å².